The predicted octanol–water partition coefficient (Wildman–Crippen LogP) is 2.61. The van der Waals surface area contributed by atoms with Gasteiger partial charge in [-0.2, -0.15) is 0 Å². The first-order valence-corrected chi connectivity index (χ1v) is 7.51. The molecule has 0 saturated carbocycles. The van der Waals surface area contributed by atoms with Crippen LogP contribution in [-0.4, -0.2) is 37.6 Å². The van der Waals surface area contributed by atoms with Crippen molar-refractivity contribution in [3.8, 4) is 5.75 Å². The van der Waals surface area contributed by atoms with Crippen LogP contribution in [0.3, 0.4) is 0 Å². The summed E-state index contributed by atoms with van der Waals surface area (Å²) in [4.78, 5) is 12.9. The summed E-state index contributed by atoms with van der Waals surface area (Å²) >= 11 is 0. The summed E-state index contributed by atoms with van der Waals surface area (Å²) < 4.78 is 6.01. The van der Waals surface area contributed by atoms with Crippen molar-refractivity contribution < 1.29 is 14.6 Å². The molecule has 0 amide bonds. The molecule has 126 valence electrons. The Kier molecular flexibility index (Phi) is 9.86. The standard InChI is InChI=1S/C17H27NO3.ClH/c1-13(2)12-16(6-5-11-18(3)4)21-15-9-7-14(8-10-15)17(19)20;/h7-10,13,16H,5-6,11-12H2,1-4H3,(H,19,20);1H/p-1. The van der Waals surface area contributed by atoms with Crippen LogP contribution < -0.4 is 9.84 Å². The Morgan fingerprint density at radius 3 is 2.27 bits per heavy atom. The Bertz CT molecular complexity index is 432. The fourth-order valence-corrected chi connectivity index (χ4v) is 2.25. The lowest BCUT2D eigenvalue weighted by Gasteiger charge is -2.22. The van der Waals surface area contributed by atoms with Gasteiger partial charge < -0.3 is 19.5 Å². The van der Waals surface area contributed by atoms with Crippen LogP contribution in [0.2, 0.25) is 0 Å². The Labute approximate surface area is 139 Å². The van der Waals surface area contributed by atoms with Crippen LogP contribution in [0.5, 0.6) is 5.75 Å². The second-order valence-corrected chi connectivity index (χ2v) is 6.13. The van der Waals surface area contributed by atoms with E-state index < -0.39 is 5.97 Å². The van der Waals surface area contributed by atoms with Gasteiger partial charge in [-0.1, -0.05) is 13.8 Å². The van der Waals surface area contributed by atoms with Crippen molar-refractivity contribution in [2.75, 3.05) is 20.6 Å². The fraction of sp³-hybridized carbons (Fsp3) is 0.588. The van der Waals surface area contributed by atoms with Gasteiger partial charge in [-0.05, 0) is 75.6 Å². The highest BCUT2D eigenvalue weighted by Gasteiger charge is 2.13. The van der Waals surface area contributed by atoms with Crippen molar-refractivity contribution in [1.82, 2.24) is 4.90 Å². The van der Waals surface area contributed by atoms with Crippen LogP contribution in [0, 0.1) is 5.92 Å². The van der Waals surface area contributed by atoms with Gasteiger partial charge in [-0.15, -0.1) is 12.4 Å². The number of hydrogen-bond acceptors (Lipinski definition) is 4. The number of carbonyl (C=O) groups excluding carboxylic acids is 1. The molecule has 4 nitrogen and oxygen atoms in total. The van der Waals surface area contributed by atoms with E-state index in [-0.39, 0.29) is 24.1 Å². The number of benzene rings is 1. The smallest absolute Gasteiger partial charge is 0.119 e. The van der Waals surface area contributed by atoms with Gasteiger partial charge in [0.15, 0.2) is 0 Å². The zero-order chi connectivity index (χ0) is 15.8. The van der Waals surface area contributed by atoms with Gasteiger partial charge in [0.05, 0.1) is 12.1 Å². The molecule has 0 fully saturated rings. The molecule has 0 spiro atoms. The third-order valence-corrected chi connectivity index (χ3v) is 3.26. The van der Waals surface area contributed by atoms with Crippen molar-refractivity contribution >= 4 is 18.4 Å². The van der Waals surface area contributed by atoms with Gasteiger partial charge in [0.25, 0.3) is 0 Å². The third kappa shape index (κ3) is 8.25. The van der Waals surface area contributed by atoms with Crippen LogP contribution in [0.25, 0.3) is 0 Å². The van der Waals surface area contributed by atoms with Crippen LogP contribution in [0.15, 0.2) is 24.3 Å². The van der Waals surface area contributed by atoms with Gasteiger partial charge in [0.2, 0.25) is 0 Å². The highest BCUT2D eigenvalue weighted by Crippen LogP contribution is 2.19. The summed E-state index contributed by atoms with van der Waals surface area (Å²) in [5.41, 5.74) is 0.176. The number of nitrogens with zero attached hydrogens (tertiary/aromatic N) is 1. The number of carboxylic acid groups (broad SMARTS) is 1. The van der Waals surface area contributed by atoms with E-state index in [1.807, 2.05) is 0 Å². The number of carboxylic acids is 1. The second kappa shape index (κ2) is 10.5. The molecule has 0 aromatic heterocycles. The lowest BCUT2D eigenvalue weighted by Crippen LogP contribution is -2.23. The molecule has 5 heteroatoms. The molecule has 0 aliphatic heterocycles. The van der Waals surface area contributed by atoms with E-state index in [2.05, 4.69) is 32.8 Å². The lowest BCUT2D eigenvalue weighted by molar-refractivity contribution is -0.255. The topological polar surface area (TPSA) is 52.6 Å². The quantitative estimate of drug-likeness (QED) is 0.699. The minimum atomic E-state index is -1.16. The molecule has 0 saturated heterocycles. The molecular formula is C17H27ClNO3-. The summed E-state index contributed by atoms with van der Waals surface area (Å²) in [6.07, 6.45) is 3.24. The third-order valence-electron chi connectivity index (χ3n) is 3.26. The molecule has 0 bridgehead atoms. The van der Waals surface area contributed by atoms with Crippen LogP contribution >= 0.6 is 12.4 Å². The molecule has 0 N–H and O–H groups in total. The van der Waals surface area contributed by atoms with E-state index in [4.69, 9.17) is 4.74 Å². The number of aromatic carboxylic acids is 1. The van der Waals surface area contributed by atoms with E-state index in [1.54, 1.807) is 12.1 Å². The maximum absolute atomic E-state index is 10.7. The normalized spacial score (nSPS) is 12.1. The van der Waals surface area contributed by atoms with Crippen LogP contribution in [0.4, 0.5) is 0 Å². The minimum absolute atomic E-state index is 0. The van der Waals surface area contributed by atoms with Crippen molar-refractivity contribution in [3.05, 3.63) is 29.8 Å². The highest BCUT2D eigenvalue weighted by molar-refractivity contribution is 5.86. The first kappa shape index (κ1) is 20.7. The SMILES string of the molecule is CC(C)CC(CCCN(C)C)Oc1ccc(C(=O)[O-])cc1.Cl. The summed E-state index contributed by atoms with van der Waals surface area (Å²) in [7, 11) is 4.13. The molecule has 1 aromatic carbocycles. The first-order valence-electron chi connectivity index (χ1n) is 7.51. The van der Waals surface area contributed by atoms with E-state index >= 15 is 0 Å². The molecule has 0 aliphatic rings. The highest BCUT2D eigenvalue weighted by atomic mass is 35.5. The van der Waals surface area contributed by atoms with Crippen molar-refractivity contribution in [2.45, 2.75) is 39.2 Å². The summed E-state index contributed by atoms with van der Waals surface area (Å²) in [6, 6.07) is 6.45. The average molecular weight is 329 g/mol. The van der Waals surface area contributed by atoms with Gasteiger partial charge in [-0.25, -0.2) is 0 Å². The molecule has 22 heavy (non-hydrogen) atoms. The van der Waals surface area contributed by atoms with E-state index in [9.17, 15) is 9.90 Å². The lowest BCUT2D eigenvalue weighted by atomic mass is 10.0. The molecule has 0 heterocycles. The fourth-order valence-electron chi connectivity index (χ4n) is 2.25. The van der Waals surface area contributed by atoms with Crippen molar-refractivity contribution in [3.63, 3.8) is 0 Å². The molecule has 0 aliphatic carbocycles. The monoisotopic (exact) mass is 328 g/mol. The van der Waals surface area contributed by atoms with Gasteiger partial charge in [-0.3, -0.25) is 0 Å². The minimum Gasteiger partial charge on any atom is -0.545 e. The number of hydrogen-bond donors (Lipinski definition) is 0. The zero-order valence-corrected chi connectivity index (χ0v) is 14.7. The summed E-state index contributed by atoms with van der Waals surface area (Å²) in [6.45, 7) is 5.41. The number of carbonyl (C=O) groups is 1. The molecule has 1 unspecified atom stereocenters. The Balaban J connectivity index is 0.00000441. The molecule has 0 radical (unpaired) electrons. The maximum atomic E-state index is 10.7. The van der Waals surface area contributed by atoms with E-state index in [0.29, 0.717) is 5.92 Å². The Hall–Kier alpha value is -1.26. The second-order valence-electron chi connectivity index (χ2n) is 6.13. The van der Waals surface area contributed by atoms with Crippen molar-refractivity contribution in [2.24, 2.45) is 5.92 Å². The average Bonchev–Trinajstić information content (AvgIpc) is 2.38. The molecular weight excluding hydrogens is 302 g/mol. The zero-order valence-electron chi connectivity index (χ0n) is 13.9. The van der Waals surface area contributed by atoms with Gasteiger partial charge in [0, 0.05) is 0 Å². The van der Waals surface area contributed by atoms with E-state index in [0.717, 1.165) is 31.6 Å². The predicted molar refractivity (Wildman–Crippen MR) is 89.7 cm³/mol. The summed E-state index contributed by atoms with van der Waals surface area (Å²) in [5, 5.41) is 10.7. The summed E-state index contributed by atoms with van der Waals surface area (Å²) in [5.74, 6) is 0.124. The Morgan fingerprint density at radius 2 is 1.82 bits per heavy atom. The molecule has 1 aromatic rings. The molecule has 1 rings (SSSR count). The number of halogens is 1. The number of rotatable bonds is 9. The largest absolute Gasteiger partial charge is 0.545 e. The van der Waals surface area contributed by atoms with Crippen LogP contribution in [-0.2, 0) is 0 Å². The van der Waals surface area contributed by atoms with Gasteiger partial charge in [0.1, 0.15) is 5.75 Å². The maximum Gasteiger partial charge on any atom is 0.119 e. The Morgan fingerprint density at radius 1 is 1.23 bits per heavy atom. The number of ether oxygens (including phenoxy) is 1. The first-order chi connectivity index (χ1) is 9.88. The van der Waals surface area contributed by atoms with Crippen LogP contribution in [0.1, 0.15) is 43.5 Å². The van der Waals surface area contributed by atoms with E-state index in [1.165, 1.54) is 12.1 Å². The molecule has 1 atom stereocenters. The van der Waals surface area contributed by atoms with Gasteiger partial charge >= 0.3 is 0 Å². The van der Waals surface area contributed by atoms with Crippen molar-refractivity contribution in [1.29, 1.82) is 0 Å².